The SMILES string of the molecule is C=CC1N=CC(C)=C(Cl)C1/C=C/Br. The zero-order valence-corrected chi connectivity index (χ0v) is 9.72. The van der Waals surface area contributed by atoms with Crippen molar-refractivity contribution in [1.29, 1.82) is 0 Å². The van der Waals surface area contributed by atoms with E-state index in [2.05, 4.69) is 27.5 Å². The minimum Gasteiger partial charge on any atom is -0.284 e. The molecule has 0 aromatic carbocycles. The Bertz CT molecular complexity index is 291. The van der Waals surface area contributed by atoms with Crippen molar-refractivity contribution >= 4 is 33.7 Å². The molecule has 0 spiro atoms. The highest BCUT2D eigenvalue weighted by atomic mass is 79.9. The third kappa shape index (κ3) is 2.32. The second-order valence-electron chi connectivity index (χ2n) is 2.88. The zero-order valence-electron chi connectivity index (χ0n) is 7.37. The van der Waals surface area contributed by atoms with Crippen LogP contribution in [0.5, 0.6) is 0 Å². The van der Waals surface area contributed by atoms with E-state index in [4.69, 9.17) is 11.6 Å². The number of halogens is 2. The zero-order chi connectivity index (χ0) is 9.84. The smallest absolute Gasteiger partial charge is 0.0789 e. The molecule has 0 aromatic heterocycles. The molecule has 0 saturated heterocycles. The maximum Gasteiger partial charge on any atom is 0.0789 e. The predicted molar refractivity (Wildman–Crippen MR) is 62.6 cm³/mol. The summed E-state index contributed by atoms with van der Waals surface area (Å²) < 4.78 is 0. The first-order valence-electron chi connectivity index (χ1n) is 3.99. The van der Waals surface area contributed by atoms with Crippen molar-refractivity contribution in [2.75, 3.05) is 0 Å². The lowest BCUT2D eigenvalue weighted by atomic mass is 9.95. The Balaban J connectivity index is 2.99. The summed E-state index contributed by atoms with van der Waals surface area (Å²) in [5.41, 5.74) is 1.02. The van der Waals surface area contributed by atoms with Crippen LogP contribution in [-0.2, 0) is 0 Å². The summed E-state index contributed by atoms with van der Waals surface area (Å²) in [6, 6.07) is 0.0602. The highest BCUT2D eigenvalue weighted by Gasteiger charge is 2.22. The van der Waals surface area contributed by atoms with E-state index in [1.165, 1.54) is 0 Å². The summed E-state index contributed by atoms with van der Waals surface area (Å²) in [4.78, 5) is 6.13. The molecular weight excluding hydrogens is 249 g/mol. The number of nitrogens with zero attached hydrogens (tertiary/aromatic N) is 1. The second kappa shape index (κ2) is 4.77. The van der Waals surface area contributed by atoms with E-state index >= 15 is 0 Å². The molecule has 1 aliphatic rings. The van der Waals surface area contributed by atoms with Gasteiger partial charge in [-0.1, -0.05) is 39.7 Å². The summed E-state index contributed by atoms with van der Waals surface area (Å²) in [6.07, 6.45) is 5.59. The van der Waals surface area contributed by atoms with E-state index in [0.29, 0.717) is 0 Å². The van der Waals surface area contributed by atoms with Crippen molar-refractivity contribution < 1.29 is 0 Å². The van der Waals surface area contributed by atoms with E-state index in [-0.39, 0.29) is 12.0 Å². The molecule has 2 atom stereocenters. The van der Waals surface area contributed by atoms with Crippen LogP contribution in [0.25, 0.3) is 0 Å². The number of rotatable bonds is 2. The molecule has 0 N–H and O–H groups in total. The first-order chi connectivity index (χ1) is 6.20. The van der Waals surface area contributed by atoms with Crippen molar-refractivity contribution in [1.82, 2.24) is 0 Å². The fraction of sp³-hybridized carbons (Fsp3) is 0.300. The second-order valence-corrected chi connectivity index (χ2v) is 3.82. The first kappa shape index (κ1) is 10.7. The Morgan fingerprint density at radius 2 is 2.38 bits per heavy atom. The maximum atomic E-state index is 6.15. The Hall–Kier alpha value is -0.340. The number of hydrogen-bond acceptors (Lipinski definition) is 1. The quantitative estimate of drug-likeness (QED) is 0.672. The molecule has 0 saturated carbocycles. The van der Waals surface area contributed by atoms with Crippen molar-refractivity contribution in [3.63, 3.8) is 0 Å². The molecule has 0 fully saturated rings. The summed E-state index contributed by atoms with van der Waals surface area (Å²) in [5, 5.41) is 0.843. The molecule has 0 radical (unpaired) electrons. The van der Waals surface area contributed by atoms with Gasteiger partial charge in [0.15, 0.2) is 0 Å². The molecule has 0 bridgehead atoms. The third-order valence-electron chi connectivity index (χ3n) is 2.00. The maximum absolute atomic E-state index is 6.15. The lowest BCUT2D eigenvalue weighted by molar-refractivity contribution is 0.675. The van der Waals surface area contributed by atoms with Gasteiger partial charge in [0.1, 0.15) is 0 Å². The summed E-state index contributed by atoms with van der Waals surface area (Å²) in [7, 11) is 0. The van der Waals surface area contributed by atoms with Crippen molar-refractivity contribution in [2.24, 2.45) is 10.9 Å². The molecule has 2 unspecified atom stereocenters. The van der Waals surface area contributed by atoms with Gasteiger partial charge in [0, 0.05) is 17.2 Å². The van der Waals surface area contributed by atoms with Gasteiger partial charge in [0.05, 0.1) is 6.04 Å². The van der Waals surface area contributed by atoms with Crippen LogP contribution < -0.4 is 0 Å². The Morgan fingerprint density at radius 3 is 2.92 bits per heavy atom. The number of allylic oxidation sites excluding steroid dienone is 1. The van der Waals surface area contributed by atoms with Gasteiger partial charge < -0.3 is 0 Å². The van der Waals surface area contributed by atoms with Gasteiger partial charge in [-0.25, -0.2) is 0 Å². The van der Waals surface area contributed by atoms with Crippen molar-refractivity contribution in [3.05, 3.63) is 34.3 Å². The molecule has 1 nitrogen and oxygen atoms in total. The van der Waals surface area contributed by atoms with Crippen LogP contribution in [0.1, 0.15) is 6.92 Å². The first-order valence-corrected chi connectivity index (χ1v) is 5.29. The molecule has 1 rings (SSSR count). The fourth-order valence-corrected chi connectivity index (χ4v) is 1.83. The monoisotopic (exact) mass is 259 g/mol. The van der Waals surface area contributed by atoms with E-state index in [1.54, 1.807) is 6.21 Å². The standard InChI is InChI=1S/C10H11BrClN/c1-3-9-8(4-5-11)10(12)7(2)6-13-9/h3-6,8-9H,1H2,2H3/b5-4+. The highest BCUT2D eigenvalue weighted by molar-refractivity contribution is 9.11. The van der Waals surface area contributed by atoms with Gasteiger partial charge in [0.25, 0.3) is 0 Å². The lowest BCUT2D eigenvalue weighted by Crippen LogP contribution is -2.19. The average Bonchev–Trinajstić information content (AvgIpc) is 2.14. The molecule has 3 heteroatoms. The number of aliphatic imine (C=N–C) groups is 1. The largest absolute Gasteiger partial charge is 0.284 e. The summed E-state index contributed by atoms with van der Waals surface area (Å²) in [6.45, 7) is 5.69. The van der Waals surface area contributed by atoms with Crippen LogP contribution in [0, 0.1) is 5.92 Å². The normalized spacial score (nSPS) is 28.5. The highest BCUT2D eigenvalue weighted by Crippen LogP contribution is 2.29. The molecule has 0 aliphatic carbocycles. The minimum atomic E-state index is 0.0602. The van der Waals surface area contributed by atoms with Crippen LogP contribution in [0.2, 0.25) is 0 Å². The van der Waals surface area contributed by atoms with E-state index in [9.17, 15) is 0 Å². The van der Waals surface area contributed by atoms with Gasteiger partial charge in [-0.2, -0.15) is 0 Å². The van der Waals surface area contributed by atoms with Crippen LogP contribution in [0.4, 0.5) is 0 Å². The average molecular weight is 261 g/mol. The van der Waals surface area contributed by atoms with Gasteiger partial charge in [-0.15, -0.1) is 6.58 Å². The predicted octanol–water partition coefficient (Wildman–Crippen LogP) is 3.66. The molecule has 70 valence electrons. The Labute approximate surface area is 92.0 Å². The lowest BCUT2D eigenvalue weighted by Gasteiger charge is -2.22. The third-order valence-corrected chi connectivity index (χ3v) is 2.85. The van der Waals surface area contributed by atoms with Gasteiger partial charge >= 0.3 is 0 Å². The van der Waals surface area contributed by atoms with Crippen LogP contribution in [0.3, 0.4) is 0 Å². The van der Waals surface area contributed by atoms with Crippen LogP contribution in [-0.4, -0.2) is 12.3 Å². The molecule has 0 amide bonds. The summed E-state index contributed by atoms with van der Waals surface area (Å²) in [5.74, 6) is 0.128. The summed E-state index contributed by atoms with van der Waals surface area (Å²) >= 11 is 9.39. The number of dihydropyridines is 1. The van der Waals surface area contributed by atoms with E-state index in [1.807, 2.05) is 24.1 Å². The van der Waals surface area contributed by atoms with Crippen LogP contribution >= 0.6 is 27.5 Å². The Kier molecular flexibility index (Phi) is 3.94. The topological polar surface area (TPSA) is 12.4 Å². The van der Waals surface area contributed by atoms with Crippen molar-refractivity contribution in [3.8, 4) is 0 Å². The van der Waals surface area contributed by atoms with Gasteiger partial charge in [-0.3, -0.25) is 4.99 Å². The molecule has 1 aliphatic heterocycles. The fourth-order valence-electron chi connectivity index (χ4n) is 1.25. The minimum absolute atomic E-state index is 0.0602. The Morgan fingerprint density at radius 1 is 1.69 bits per heavy atom. The molecule has 13 heavy (non-hydrogen) atoms. The van der Waals surface area contributed by atoms with Crippen LogP contribution in [0.15, 0.2) is 39.3 Å². The molecule has 0 aromatic rings. The van der Waals surface area contributed by atoms with Gasteiger partial charge in [0.2, 0.25) is 0 Å². The molecule has 1 heterocycles. The molecular formula is C10H11BrClN. The van der Waals surface area contributed by atoms with E-state index < -0.39 is 0 Å². The number of hydrogen-bond donors (Lipinski definition) is 0. The van der Waals surface area contributed by atoms with Crippen molar-refractivity contribution in [2.45, 2.75) is 13.0 Å². The van der Waals surface area contributed by atoms with E-state index in [0.717, 1.165) is 10.6 Å². The van der Waals surface area contributed by atoms with Gasteiger partial charge in [-0.05, 0) is 17.5 Å².